The van der Waals surface area contributed by atoms with E-state index in [9.17, 15) is 0 Å². The molecule has 0 saturated heterocycles. The molecule has 1 heterocycles. The maximum atomic E-state index is 5.62. The zero-order chi connectivity index (χ0) is 12.2. The Morgan fingerprint density at radius 3 is 2.11 bits per heavy atom. The molecule has 0 atom stereocenters. The largest absolute Gasteiger partial charge is 0.625 e. The molecule has 3 rings (SSSR count). The molecule has 0 N–H and O–H groups in total. The molecule has 0 aromatic heterocycles. The Bertz CT molecular complexity index is 532. The summed E-state index contributed by atoms with van der Waals surface area (Å²) in [6.07, 6.45) is 0. The monoisotopic (exact) mass is 254 g/mol. The molecule has 0 fully saturated rings. The Morgan fingerprint density at radius 2 is 1.44 bits per heavy atom. The van der Waals surface area contributed by atoms with Crippen molar-refractivity contribution in [1.82, 2.24) is 0 Å². The van der Waals surface area contributed by atoms with Crippen molar-refractivity contribution in [3.8, 4) is 11.5 Å². The lowest BCUT2D eigenvalue weighted by atomic mass is 9.92. The van der Waals surface area contributed by atoms with Gasteiger partial charge >= 0.3 is 7.12 Å². The Kier molecular flexibility index (Phi) is 3.28. The molecule has 0 bridgehead atoms. The summed E-state index contributed by atoms with van der Waals surface area (Å²) in [6.45, 7) is 0. The van der Waals surface area contributed by atoms with E-state index >= 15 is 0 Å². The molecule has 0 radical (unpaired) electrons. The summed E-state index contributed by atoms with van der Waals surface area (Å²) in [7, 11) is -0.321. The van der Waals surface area contributed by atoms with Crippen molar-refractivity contribution in [2.75, 3.05) is 0 Å². The molecule has 18 heavy (non-hydrogen) atoms. The van der Waals surface area contributed by atoms with Crippen molar-refractivity contribution in [3.63, 3.8) is 0 Å². The van der Waals surface area contributed by atoms with Crippen molar-refractivity contribution in [2.24, 2.45) is 0 Å². The Hall–Kier alpha value is -1.81. The smallest absolute Gasteiger partial charge is 0.520 e. The third kappa shape index (κ3) is 2.54. The van der Waals surface area contributed by atoms with E-state index in [4.69, 9.17) is 9.31 Å². The van der Waals surface area contributed by atoms with Crippen LogP contribution in [-0.4, -0.2) is 7.12 Å². The van der Waals surface area contributed by atoms with Gasteiger partial charge < -0.3 is 9.31 Å². The van der Waals surface area contributed by atoms with Gasteiger partial charge in [-0.2, -0.15) is 0 Å². The number of fused-ring (bicyclic) bond motifs is 1. The molecular weight excluding hydrogens is 243 g/mol. The number of benzene rings is 2. The van der Waals surface area contributed by atoms with Gasteiger partial charge in [-0.15, -0.1) is 0 Å². The second kappa shape index (κ2) is 5.23. The van der Waals surface area contributed by atoms with Crippen molar-refractivity contribution in [3.05, 3.63) is 66.0 Å². The van der Waals surface area contributed by atoms with E-state index < -0.39 is 0 Å². The SMILES string of the molecule is C(=C\B1Oc2ccccc2O1)/Sc1ccccc1. The van der Waals surface area contributed by atoms with Crippen LogP contribution in [0.15, 0.2) is 70.9 Å². The van der Waals surface area contributed by atoms with Crippen LogP contribution >= 0.6 is 11.8 Å². The molecule has 1 aliphatic heterocycles. The van der Waals surface area contributed by atoms with E-state index in [1.165, 1.54) is 4.90 Å². The normalized spacial score (nSPS) is 13.2. The van der Waals surface area contributed by atoms with Crippen molar-refractivity contribution < 1.29 is 9.31 Å². The van der Waals surface area contributed by atoms with Crippen LogP contribution in [0.4, 0.5) is 0 Å². The van der Waals surface area contributed by atoms with Gasteiger partial charge in [0, 0.05) is 4.90 Å². The van der Waals surface area contributed by atoms with Gasteiger partial charge in [-0.1, -0.05) is 42.1 Å². The average molecular weight is 254 g/mol. The highest BCUT2D eigenvalue weighted by Crippen LogP contribution is 2.33. The van der Waals surface area contributed by atoms with E-state index in [-0.39, 0.29) is 7.12 Å². The van der Waals surface area contributed by atoms with Gasteiger partial charge in [0.1, 0.15) is 11.5 Å². The molecule has 1 aliphatic rings. The minimum absolute atomic E-state index is 0.321. The third-order valence-electron chi connectivity index (χ3n) is 2.52. The highest BCUT2D eigenvalue weighted by atomic mass is 32.2. The molecule has 0 amide bonds. The van der Waals surface area contributed by atoms with Gasteiger partial charge in [-0.05, 0) is 35.6 Å². The first-order valence-electron chi connectivity index (χ1n) is 5.72. The highest BCUT2D eigenvalue weighted by molar-refractivity contribution is 8.02. The van der Waals surface area contributed by atoms with Crippen LogP contribution in [0.2, 0.25) is 0 Å². The topological polar surface area (TPSA) is 18.5 Å². The first-order valence-corrected chi connectivity index (χ1v) is 6.60. The van der Waals surface area contributed by atoms with Crippen LogP contribution in [0.3, 0.4) is 0 Å². The summed E-state index contributed by atoms with van der Waals surface area (Å²) in [4.78, 5) is 1.20. The molecule has 0 aliphatic carbocycles. The molecule has 2 nitrogen and oxygen atoms in total. The van der Waals surface area contributed by atoms with Gasteiger partial charge in [0.25, 0.3) is 0 Å². The lowest BCUT2D eigenvalue weighted by molar-refractivity contribution is 0.517. The fourth-order valence-corrected chi connectivity index (χ4v) is 2.36. The highest BCUT2D eigenvalue weighted by Gasteiger charge is 2.28. The Balaban J connectivity index is 1.60. The second-order valence-electron chi connectivity index (χ2n) is 3.81. The van der Waals surface area contributed by atoms with Crippen LogP contribution in [0.1, 0.15) is 0 Å². The minimum atomic E-state index is -0.321. The third-order valence-corrected chi connectivity index (χ3v) is 3.36. The van der Waals surface area contributed by atoms with Crippen molar-refractivity contribution in [1.29, 1.82) is 0 Å². The van der Waals surface area contributed by atoms with E-state index in [0.717, 1.165) is 11.5 Å². The summed E-state index contributed by atoms with van der Waals surface area (Å²) in [5.41, 5.74) is 0. The summed E-state index contributed by atoms with van der Waals surface area (Å²) in [5, 5.41) is 1.99. The zero-order valence-electron chi connectivity index (χ0n) is 9.65. The maximum absolute atomic E-state index is 5.62. The van der Waals surface area contributed by atoms with Crippen molar-refractivity contribution >= 4 is 18.9 Å². The summed E-state index contributed by atoms with van der Waals surface area (Å²) >= 11 is 1.65. The number of rotatable bonds is 3. The fraction of sp³-hybridized carbons (Fsp3) is 0. The summed E-state index contributed by atoms with van der Waals surface area (Å²) < 4.78 is 11.2. The van der Waals surface area contributed by atoms with Crippen molar-refractivity contribution in [2.45, 2.75) is 4.90 Å². The first-order chi connectivity index (χ1) is 8.92. The van der Waals surface area contributed by atoms with E-state index in [1.54, 1.807) is 11.8 Å². The predicted molar refractivity (Wildman–Crippen MR) is 74.9 cm³/mol. The van der Waals surface area contributed by atoms with Gasteiger partial charge in [0.15, 0.2) is 0 Å². The van der Waals surface area contributed by atoms with Gasteiger partial charge in [-0.25, -0.2) is 0 Å². The van der Waals surface area contributed by atoms with Gasteiger partial charge in [0.05, 0.1) is 0 Å². The molecular formula is C14H11BO2S. The maximum Gasteiger partial charge on any atom is 0.625 e. The standard InChI is InChI=1S/C14H11BO2S/c1-2-6-12(7-3-1)18-11-10-15-16-13-8-4-5-9-14(13)17-15/h1-11H/b11-10+. The zero-order valence-corrected chi connectivity index (χ0v) is 10.5. The number of thioether (sulfide) groups is 1. The molecule has 88 valence electrons. The van der Waals surface area contributed by atoms with Gasteiger partial charge in [0.2, 0.25) is 0 Å². The number of hydrogen-bond acceptors (Lipinski definition) is 3. The summed E-state index contributed by atoms with van der Waals surface area (Å²) in [5.74, 6) is 3.52. The molecule has 0 unspecified atom stereocenters. The number of hydrogen-bond donors (Lipinski definition) is 0. The lowest BCUT2D eigenvalue weighted by Gasteiger charge is -1.98. The summed E-state index contributed by atoms with van der Waals surface area (Å²) in [6, 6.07) is 17.9. The molecule has 4 heteroatoms. The van der Waals surface area contributed by atoms with Crippen LogP contribution in [-0.2, 0) is 0 Å². The van der Waals surface area contributed by atoms with E-state index in [2.05, 4.69) is 12.1 Å². The quantitative estimate of drug-likeness (QED) is 0.613. The molecule has 0 spiro atoms. The average Bonchev–Trinajstić information content (AvgIpc) is 2.82. The van der Waals surface area contributed by atoms with Crippen LogP contribution < -0.4 is 9.31 Å². The van der Waals surface area contributed by atoms with Crippen LogP contribution in [0.5, 0.6) is 11.5 Å². The molecule has 2 aromatic rings. The predicted octanol–water partition coefficient (Wildman–Crippen LogP) is 3.79. The lowest BCUT2D eigenvalue weighted by Crippen LogP contribution is -2.21. The first kappa shape index (κ1) is 11.3. The van der Waals surface area contributed by atoms with E-state index in [0.29, 0.717) is 0 Å². The van der Waals surface area contributed by atoms with E-state index in [1.807, 2.05) is 53.8 Å². The minimum Gasteiger partial charge on any atom is -0.520 e. The molecule has 0 saturated carbocycles. The van der Waals surface area contributed by atoms with Crippen LogP contribution in [0.25, 0.3) is 0 Å². The second-order valence-corrected chi connectivity index (χ2v) is 4.79. The Labute approximate surface area is 111 Å². The van der Waals surface area contributed by atoms with Crippen LogP contribution in [0, 0.1) is 0 Å². The Morgan fingerprint density at radius 1 is 0.833 bits per heavy atom. The van der Waals surface area contributed by atoms with Gasteiger partial charge in [-0.3, -0.25) is 0 Å². The molecule has 2 aromatic carbocycles. The number of para-hydroxylation sites is 2. The fourth-order valence-electron chi connectivity index (χ4n) is 1.68.